The minimum atomic E-state index is -0.735. The second-order valence-corrected chi connectivity index (χ2v) is 6.28. The second-order valence-electron chi connectivity index (χ2n) is 5.41. The molecule has 0 fully saturated rings. The molecule has 0 amide bonds. The van der Waals surface area contributed by atoms with Gasteiger partial charge in [-0.3, -0.25) is 4.98 Å². The van der Waals surface area contributed by atoms with Crippen LogP contribution in [0.5, 0.6) is 0 Å². The van der Waals surface area contributed by atoms with Crippen LogP contribution < -0.4 is 5.32 Å². The highest BCUT2D eigenvalue weighted by molar-refractivity contribution is 7.98. The van der Waals surface area contributed by atoms with E-state index in [1.807, 2.05) is 49.6 Å². The molecule has 0 bridgehead atoms. The van der Waals surface area contributed by atoms with E-state index in [9.17, 15) is 5.11 Å². The molecule has 2 aromatic rings. The maximum absolute atomic E-state index is 10.4. The Labute approximate surface area is 130 Å². The summed E-state index contributed by atoms with van der Waals surface area (Å²) in [4.78, 5) is 4.45. The fraction of sp³-hybridized carbons (Fsp3) is 0.353. The van der Waals surface area contributed by atoms with Gasteiger partial charge >= 0.3 is 0 Å². The summed E-state index contributed by atoms with van der Waals surface area (Å²) in [5.74, 6) is 0.698. The molecule has 0 aliphatic rings. The molecule has 2 atom stereocenters. The molecule has 1 aromatic carbocycles. The van der Waals surface area contributed by atoms with Gasteiger partial charge in [0, 0.05) is 18.5 Å². The van der Waals surface area contributed by atoms with Crippen LogP contribution in [0.3, 0.4) is 0 Å². The number of thioether (sulfide) groups is 1. The lowest BCUT2D eigenvalue weighted by molar-refractivity contribution is 0.0827. The van der Waals surface area contributed by atoms with Crippen LogP contribution >= 0.6 is 11.8 Å². The van der Waals surface area contributed by atoms with Crippen molar-refractivity contribution in [1.82, 2.24) is 10.3 Å². The molecule has 112 valence electrons. The first-order valence-corrected chi connectivity index (χ1v) is 8.42. The molecule has 0 spiro atoms. The molecular weight excluding hydrogens is 280 g/mol. The van der Waals surface area contributed by atoms with E-state index in [1.54, 1.807) is 18.0 Å². The summed E-state index contributed by atoms with van der Waals surface area (Å²) < 4.78 is 0. The normalized spacial score (nSPS) is 15.4. The topological polar surface area (TPSA) is 45.1 Å². The minimum absolute atomic E-state index is 0.0132. The summed E-state index contributed by atoms with van der Waals surface area (Å²) in [5, 5.41) is 13.8. The molecule has 0 aliphatic heterocycles. The lowest BCUT2D eigenvalue weighted by Gasteiger charge is -2.27. The van der Waals surface area contributed by atoms with Gasteiger partial charge in [-0.25, -0.2) is 0 Å². The molecule has 1 heterocycles. The van der Waals surface area contributed by atoms with Crippen molar-refractivity contribution < 1.29 is 5.11 Å². The first kappa shape index (κ1) is 16.0. The fourth-order valence-corrected chi connectivity index (χ4v) is 2.99. The zero-order valence-electron chi connectivity index (χ0n) is 12.5. The van der Waals surface area contributed by atoms with Crippen LogP contribution in [0.2, 0.25) is 0 Å². The highest BCUT2D eigenvalue weighted by Crippen LogP contribution is 2.21. The summed E-state index contributed by atoms with van der Waals surface area (Å²) in [6, 6.07) is 16.1. The lowest BCUT2D eigenvalue weighted by Crippen LogP contribution is -2.41. The molecule has 0 saturated heterocycles. The number of aromatic nitrogens is 1. The van der Waals surface area contributed by atoms with Gasteiger partial charge in [0.1, 0.15) is 0 Å². The molecule has 4 heteroatoms. The maximum Gasteiger partial charge on any atom is 0.0833 e. The molecule has 3 nitrogen and oxygen atoms in total. The largest absolute Gasteiger partial charge is 0.388 e. The van der Waals surface area contributed by atoms with Crippen LogP contribution in [-0.2, 0) is 0 Å². The lowest BCUT2D eigenvalue weighted by atomic mass is 10.0. The first-order chi connectivity index (χ1) is 10.1. The summed E-state index contributed by atoms with van der Waals surface area (Å²) >= 11 is 1.65. The Morgan fingerprint density at radius 3 is 2.52 bits per heavy atom. The minimum Gasteiger partial charge on any atom is -0.388 e. The van der Waals surface area contributed by atoms with Gasteiger partial charge in [-0.15, -0.1) is 0 Å². The number of hydrogen-bond donors (Lipinski definition) is 2. The van der Waals surface area contributed by atoms with E-state index in [2.05, 4.69) is 22.4 Å². The third-order valence-corrected chi connectivity index (χ3v) is 4.17. The average molecular weight is 302 g/mol. The van der Waals surface area contributed by atoms with Crippen molar-refractivity contribution in [2.75, 3.05) is 18.6 Å². The maximum atomic E-state index is 10.4. The molecule has 0 aliphatic carbocycles. The first-order valence-electron chi connectivity index (χ1n) is 7.03. The Bertz CT molecular complexity index is 492. The van der Waals surface area contributed by atoms with Gasteiger partial charge in [0.2, 0.25) is 0 Å². The van der Waals surface area contributed by atoms with Crippen molar-refractivity contribution in [2.24, 2.45) is 0 Å². The van der Waals surface area contributed by atoms with E-state index >= 15 is 0 Å². The SMILES string of the molecule is CSCC(C)(O)CNC(c1ccccc1)c1ccccn1. The van der Waals surface area contributed by atoms with Gasteiger partial charge in [-0.05, 0) is 30.9 Å². The number of nitrogens with one attached hydrogen (secondary N) is 1. The number of rotatable bonds is 7. The standard InChI is InChI=1S/C17H22N2OS/c1-17(20,13-21-2)12-19-16(14-8-4-3-5-9-14)15-10-6-7-11-18-15/h3-11,16,19-20H,12-13H2,1-2H3. The van der Waals surface area contributed by atoms with Gasteiger partial charge in [0.05, 0.1) is 17.3 Å². The van der Waals surface area contributed by atoms with Crippen LogP contribution in [-0.4, -0.2) is 34.2 Å². The molecule has 21 heavy (non-hydrogen) atoms. The number of nitrogens with zero attached hydrogens (tertiary/aromatic N) is 1. The molecule has 0 radical (unpaired) electrons. The van der Waals surface area contributed by atoms with E-state index in [0.717, 1.165) is 11.3 Å². The van der Waals surface area contributed by atoms with E-state index in [-0.39, 0.29) is 6.04 Å². The predicted molar refractivity (Wildman–Crippen MR) is 89.5 cm³/mol. The smallest absolute Gasteiger partial charge is 0.0833 e. The molecular formula is C17H22N2OS. The third-order valence-electron chi connectivity index (χ3n) is 3.26. The van der Waals surface area contributed by atoms with Gasteiger partial charge < -0.3 is 10.4 Å². The van der Waals surface area contributed by atoms with Gasteiger partial charge in [-0.1, -0.05) is 36.4 Å². The quantitative estimate of drug-likeness (QED) is 0.825. The van der Waals surface area contributed by atoms with Crippen LogP contribution in [0.15, 0.2) is 54.7 Å². The van der Waals surface area contributed by atoms with Crippen molar-refractivity contribution in [3.63, 3.8) is 0 Å². The Hall–Kier alpha value is -1.36. The Kier molecular flexibility index (Phi) is 5.79. The Balaban J connectivity index is 2.18. The van der Waals surface area contributed by atoms with Crippen molar-refractivity contribution >= 4 is 11.8 Å². The van der Waals surface area contributed by atoms with Crippen molar-refractivity contribution in [3.05, 3.63) is 66.0 Å². The van der Waals surface area contributed by atoms with Crippen LogP contribution in [0.1, 0.15) is 24.2 Å². The number of hydrogen-bond acceptors (Lipinski definition) is 4. The molecule has 0 saturated carbocycles. The zero-order valence-corrected chi connectivity index (χ0v) is 13.3. The summed E-state index contributed by atoms with van der Waals surface area (Å²) in [5.41, 5.74) is 1.38. The van der Waals surface area contributed by atoms with Gasteiger partial charge in [0.15, 0.2) is 0 Å². The summed E-state index contributed by atoms with van der Waals surface area (Å²) in [6.45, 7) is 2.38. The van der Waals surface area contributed by atoms with E-state index in [0.29, 0.717) is 12.3 Å². The predicted octanol–water partition coefficient (Wildman–Crippen LogP) is 2.87. The van der Waals surface area contributed by atoms with E-state index in [1.165, 1.54) is 0 Å². The summed E-state index contributed by atoms with van der Waals surface area (Å²) in [6.07, 6.45) is 3.80. The van der Waals surface area contributed by atoms with Gasteiger partial charge in [-0.2, -0.15) is 11.8 Å². The molecule has 2 rings (SSSR count). The van der Waals surface area contributed by atoms with Crippen molar-refractivity contribution in [3.8, 4) is 0 Å². The average Bonchev–Trinajstić information content (AvgIpc) is 2.49. The van der Waals surface area contributed by atoms with Crippen molar-refractivity contribution in [2.45, 2.75) is 18.6 Å². The van der Waals surface area contributed by atoms with Crippen LogP contribution in [0.25, 0.3) is 0 Å². The zero-order chi connectivity index (χ0) is 15.1. The monoisotopic (exact) mass is 302 g/mol. The third kappa shape index (κ3) is 4.84. The summed E-state index contributed by atoms with van der Waals surface area (Å²) in [7, 11) is 0. The van der Waals surface area contributed by atoms with E-state index < -0.39 is 5.60 Å². The van der Waals surface area contributed by atoms with Crippen molar-refractivity contribution in [1.29, 1.82) is 0 Å². The Morgan fingerprint density at radius 2 is 1.90 bits per heavy atom. The second kappa shape index (κ2) is 7.59. The highest BCUT2D eigenvalue weighted by atomic mass is 32.2. The number of benzene rings is 1. The van der Waals surface area contributed by atoms with Crippen LogP contribution in [0, 0.1) is 0 Å². The number of aliphatic hydroxyl groups is 1. The molecule has 2 N–H and O–H groups in total. The molecule has 2 unspecified atom stereocenters. The van der Waals surface area contributed by atoms with Crippen LogP contribution in [0.4, 0.5) is 0 Å². The fourth-order valence-electron chi connectivity index (χ4n) is 2.27. The highest BCUT2D eigenvalue weighted by Gasteiger charge is 2.23. The van der Waals surface area contributed by atoms with E-state index in [4.69, 9.17) is 0 Å². The Morgan fingerprint density at radius 1 is 1.19 bits per heavy atom. The molecule has 1 aromatic heterocycles. The van der Waals surface area contributed by atoms with Gasteiger partial charge in [0.25, 0.3) is 0 Å². The number of pyridine rings is 1.